The van der Waals surface area contributed by atoms with Crippen molar-refractivity contribution in [3.05, 3.63) is 30.1 Å². The molecular formula is C16H30IN5. The van der Waals surface area contributed by atoms with E-state index in [1.54, 1.807) is 0 Å². The Labute approximate surface area is 152 Å². The molecular weight excluding hydrogens is 389 g/mol. The van der Waals surface area contributed by atoms with Crippen LogP contribution in [0.15, 0.2) is 29.4 Å². The summed E-state index contributed by atoms with van der Waals surface area (Å²) in [7, 11) is 0. The first kappa shape index (κ1) is 21.1. The van der Waals surface area contributed by atoms with E-state index in [0.717, 1.165) is 57.3 Å². The smallest absolute Gasteiger partial charge is 0.191 e. The van der Waals surface area contributed by atoms with Gasteiger partial charge in [-0.15, -0.1) is 24.0 Å². The maximum absolute atomic E-state index is 4.61. The molecule has 0 aliphatic heterocycles. The van der Waals surface area contributed by atoms with E-state index in [9.17, 15) is 0 Å². The van der Waals surface area contributed by atoms with Crippen molar-refractivity contribution >= 4 is 29.9 Å². The van der Waals surface area contributed by atoms with Crippen molar-refractivity contribution in [2.45, 2.75) is 27.2 Å². The monoisotopic (exact) mass is 419 g/mol. The van der Waals surface area contributed by atoms with Crippen molar-refractivity contribution in [3.8, 4) is 0 Å². The standard InChI is InChI=1S/C16H29N5.HI/c1-4-17-16(20-13-14-21(5-2)6-3)19-12-10-15-9-7-8-11-18-15;/h7-9,11H,4-6,10,12-14H2,1-3H3,(H2,17,19,20);1H. The molecule has 0 bridgehead atoms. The van der Waals surface area contributed by atoms with Crippen molar-refractivity contribution < 1.29 is 0 Å². The Bertz CT molecular complexity index is 393. The van der Waals surface area contributed by atoms with Gasteiger partial charge in [-0.1, -0.05) is 19.9 Å². The zero-order chi connectivity index (χ0) is 15.3. The van der Waals surface area contributed by atoms with E-state index in [-0.39, 0.29) is 24.0 Å². The summed E-state index contributed by atoms with van der Waals surface area (Å²) in [4.78, 5) is 11.3. The highest BCUT2D eigenvalue weighted by Gasteiger charge is 2.00. The lowest BCUT2D eigenvalue weighted by molar-refractivity contribution is 0.313. The molecule has 22 heavy (non-hydrogen) atoms. The van der Waals surface area contributed by atoms with Gasteiger partial charge < -0.3 is 15.5 Å². The molecule has 0 saturated carbocycles. The Morgan fingerprint density at radius 3 is 2.55 bits per heavy atom. The topological polar surface area (TPSA) is 52.6 Å². The van der Waals surface area contributed by atoms with Crippen LogP contribution in [0.5, 0.6) is 0 Å². The quantitative estimate of drug-likeness (QED) is 0.366. The van der Waals surface area contributed by atoms with Gasteiger partial charge in [0.25, 0.3) is 0 Å². The third-order valence-electron chi connectivity index (χ3n) is 3.32. The molecule has 0 aliphatic rings. The normalized spacial score (nSPS) is 11.2. The molecule has 1 aromatic heterocycles. The van der Waals surface area contributed by atoms with E-state index in [0.29, 0.717) is 0 Å². The number of aromatic nitrogens is 1. The minimum Gasteiger partial charge on any atom is -0.357 e. The van der Waals surface area contributed by atoms with Crippen LogP contribution in [0.25, 0.3) is 0 Å². The van der Waals surface area contributed by atoms with Gasteiger partial charge >= 0.3 is 0 Å². The van der Waals surface area contributed by atoms with Crippen molar-refractivity contribution in [1.82, 2.24) is 20.5 Å². The fraction of sp³-hybridized carbons (Fsp3) is 0.625. The van der Waals surface area contributed by atoms with Gasteiger partial charge in [-0.05, 0) is 32.1 Å². The summed E-state index contributed by atoms with van der Waals surface area (Å²) in [6, 6.07) is 6.01. The van der Waals surface area contributed by atoms with Crippen molar-refractivity contribution in [3.63, 3.8) is 0 Å². The van der Waals surface area contributed by atoms with E-state index in [4.69, 9.17) is 0 Å². The predicted octanol–water partition coefficient (Wildman–Crippen LogP) is 2.14. The molecule has 0 fully saturated rings. The number of nitrogens with one attached hydrogen (secondary N) is 2. The van der Waals surface area contributed by atoms with Gasteiger partial charge in [-0.3, -0.25) is 9.98 Å². The number of hydrogen-bond acceptors (Lipinski definition) is 3. The number of nitrogens with zero attached hydrogens (tertiary/aromatic N) is 3. The van der Waals surface area contributed by atoms with Crippen molar-refractivity contribution in [2.75, 3.05) is 39.3 Å². The van der Waals surface area contributed by atoms with Gasteiger partial charge in [0.1, 0.15) is 0 Å². The highest BCUT2D eigenvalue weighted by Crippen LogP contribution is 1.93. The molecule has 0 amide bonds. The van der Waals surface area contributed by atoms with Crippen LogP contribution in [0, 0.1) is 0 Å². The first-order valence-electron chi connectivity index (χ1n) is 7.94. The fourth-order valence-corrected chi connectivity index (χ4v) is 2.04. The molecule has 0 aliphatic carbocycles. The maximum Gasteiger partial charge on any atom is 0.191 e. The van der Waals surface area contributed by atoms with Crippen LogP contribution in [-0.4, -0.2) is 55.1 Å². The second-order valence-electron chi connectivity index (χ2n) is 4.79. The van der Waals surface area contributed by atoms with Gasteiger partial charge in [0.05, 0.1) is 6.54 Å². The summed E-state index contributed by atoms with van der Waals surface area (Å²) in [5, 5.41) is 6.64. The molecule has 0 aromatic carbocycles. The van der Waals surface area contributed by atoms with Crippen molar-refractivity contribution in [2.24, 2.45) is 4.99 Å². The lowest BCUT2D eigenvalue weighted by Gasteiger charge is -2.17. The first-order chi connectivity index (χ1) is 10.3. The Morgan fingerprint density at radius 1 is 1.18 bits per heavy atom. The van der Waals surface area contributed by atoms with Crippen LogP contribution in [0.4, 0.5) is 0 Å². The van der Waals surface area contributed by atoms with Crippen LogP contribution in [0.3, 0.4) is 0 Å². The Kier molecular flexibility index (Phi) is 13.2. The fourth-order valence-electron chi connectivity index (χ4n) is 2.04. The minimum atomic E-state index is 0. The Balaban J connectivity index is 0.00000441. The Hall–Kier alpha value is -0.890. The van der Waals surface area contributed by atoms with Gasteiger partial charge in [-0.2, -0.15) is 0 Å². The molecule has 5 nitrogen and oxygen atoms in total. The third-order valence-corrected chi connectivity index (χ3v) is 3.32. The zero-order valence-electron chi connectivity index (χ0n) is 14.0. The summed E-state index contributed by atoms with van der Waals surface area (Å²) in [6.45, 7) is 12.2. The first-order valence-corrected chi connectivity index (χ1v) is 7.94. The summed E-state index contributed by atoms with van der Waals surface area (Å²) >= 11 is 0. The Morgan fingerprint density at radius 2 is 1.95 bits per heavy atom. The number of halogens is 1. The molecule has 0 atom stereocenters. The number of likely N-dealkylation sites (N-methyl/N-ethyl adjacent to an activating group) is 1. The highest BCUT2D eigenvalue weighted by molar-refractivity contribution is 14.0. The predicted molar refractivity (Wildman–Crippen MR) is 105 cm³/mol. The molecule has 1 rings (SSSR count). The third kappa shape index (κ3) is 9.19. The van der Waals surface area contributed by atoms with Crippen LogP contribution in [0.1, 0.15) is 26.5 Å². The lowest BCUT2D eigenvalue weighted by Crippen LogP contribution is -2.39. The molecule has 1 heterocycles. The number of pyridine rings is 1. The van der Waals surface area contributed by atoms with Gasteiger partial charge in [0, 0.05) is 37.9 Å². The van der Waals surface area contributed by atoms with Crippen molar-refractivity contribution in [1.29, 1.82) is 0 Å². The zero-order valence-corrected chi connectivity index (χ0v) is 16.3. The van der Waals surface area contributed by atoms with Gasteiger partial charge in [0.15, 0.2) is 5.96 Å². The largest absolute Gasteiger partial charge is 0.357 e. The number of rotatable bonds is 9. The minimum absolute atomic E-state index is 0. The van der Waals surface area contributed by atoms with E-state index < -0.39 is 0 Å². The highest BCUT2D eigenvalue weighted by atomic mass is 127. The molecule has 126 valence electrons. The van der Waals surface area contributed by atoms with E-state index >= 15 is 0 Å². The number of aliphatic imine (C=N–C) groups is 1. The van der Waals surface area contributed by atoms with Crippen LogP contribution in [-0.2, 0) is 6.42 Å². The second kappa shape index (κ2) is 13.8. The van der Waals surface area contributed by atoms with E-state index in [2.05, 4.69) is 46.3 Å². The summed E-state index contributed by atoms with van der Waals surface area (Å²) < 4.78 is 0. The van der Waals surface area contributed by atoms with Crippen LogP contribution in [0.2, 0.25) is 0 Å². The van der Waals surface area contributed by atoms with Gasteiger partial charge in [0.2, 0.25) is 0 Å². The molecule has 0 spiro atoms. The average Bonchev–Trinajstić information content (AvgIpc) is 2.52. The lowest BCUT2D eigenvalue weighted by atomic mass is 10.3. The number of guanidine groups is 1. The SMILES string of the molecule is CCNC(=NCCN(CC)CC)NCCc1ccccn1.I. The summed E-state index contributed by atoms with van der Waals surface area (Å²) in [5.41, 5.74) is 1.10. The molecule has 0 saturated heterocycles. The van der Waals surface area contributed by atoms with Gasteiger partial charge in [-0.25, -0.2) is 0 Å². The van der Waals surface area contributed by atoms with E-state index in [1.165, 1.54) is 0 Å². The maximum atomic E-state index is 4.61. The number of hydrogen-bond donors (Lipinski definition) is 2. The van der Waals surface area contributed by atoms with Crippen LogP contribution < -0.4 is 10.6 Å². The summed E-state index contributed by atoms with van der Waals surface area (Å²) in [6.07, 6.45) is 2.74. The van der Waals surface area contributed by atoms with E-state index in [1.807, 2.05) is 24.4 Å². The molecule has 0 unspecified atom stereocenters. The summed E-state index contributed by atoms with van der Waals surface area (Å²) in [5.74, 6) is 0.889. The van der Waals surface area contributed by atoms with Crippen LogP contribution >= 0.6 is 24.0 Å². The molecule has 0 radical (unpaired) electrons. The second-order valence-corrected chi connectivity index (χ2v) is 4.79. The molecule has 1 aromatic rings. The average molecular weight is 419 g/mol. The molecule has 6 heteroatoms. The molecule has 2 N–H and O–H groups in total.